The second-order valence-electron chi connectivity index (χ2n) is 13.5. The molecule has 2 amide bonds. The molecule has 0 fully saturated rings. The number of carbonyl (C=O) groups excluding carboxylic acids is 2. The SMILES string of the molecule is CCCCCCCOc1ccc(-c2cnc(-c3ccc(C[C@H](NC(=O)c4ccc(C(C)(C)C)s4)C(=O)N[C@H](C(=O)O)[C@H](C)O)cc3)nc2)cc1. The van der Waals surface area contributed by atoms with Gasteiger partial charge in [-0.05, 0) is 54.2 Å². The second-order valence-corrected chi connectivity index (χ2v) is 14.6. The van der Waals surface area contributed by atoms with Crippen molar-refractivity contribution in [3.05, 3.63) is 88.4 Å². The molecule has 4 aromatic rings. The third-order valence-electron chi connectivity index (χ3n) is 8.25. The average Bonchev–Trinajstić information content (AvgIpc) is 3.61. The normalized spacial score (nSPS) is 13.2. The Balaban J connectivity index is 1.42. The monoisotopic (exact) mass is 700 g/mol. The molecule has 2 heterocycles. The van der Waals surface area contributed by atoms with Crippen LogP contribution in [0.5, 0.6) is 5.75 Å². The number of carbonyl (C=O) groups is 3. The van der Waals surface area contributed by atoms with Crippen molar-refractivity contribution in [2.24, 2.45) is 0 Å². The lowest BCUT2D eigenvalue weighted by molar-refractivity contribution is -0.145. The van der Waals surface area contributed by atoms with Crippen LogP contribution in [0.3, 0.4) is 0 Å². The highest BCUT2D eigenvalue weighted by molar-refractivity contribution is 7.14. The molecule has 0 aliphatic carbocycles. The maximum atomic E-state index is 13.3. The van der Waals surface area contributed by atoms with Crippen LogP contribution in [0.25, 0.3) is 22.5 Å². The van der Waals surface area contributed by atoms with Crippen LogP contribution in [0.1, 0.15) is 86.8 Å². The van der Waals surface area contributed by atoms with Crippen molar-refractivity contribution in [3.8, 4) is 28.3 Å². The summed E-state index contributed by atoms with van der Waals surface area (Å²) in [4.78, 5) is 48.8. The van der Waals surface area contributed by atoms with Gasteiger partial charge < -0.3 is 25.6 Å². The molecule has 4 rings (SSSR count). The van der Waals surface area contributed by atoms with Crippen molar-refractivity contribution in [2.75, 3.05) is 6.61 Å². The fraction of sp³-hybridized carbons (Fsp3) is 0.410. The van der Waals surface area contributed by atoms with Gasteiger partial charge >= 0.3 is 5.97 Å². The van der Waals surface area contributed by atoms with Gasteiger partial charge in [0.2, 0.25) is 5.91 Å². The Morgan fingerprint density at radius 3 is 2.06 bits per heavy atom. The zero-order valence-electron chi connectivity index (χ0n) is 29.4. The van der Waals surface area contributed by atoms with Gasteiger partial charge in [-0.1, -0.05) is 89.8 Å². The van der Waals surface area contributed by atoms with Gasteiger partial charge in [-0.3, -0.25) is 9.59 Å². The highest BCUT2D eigenvalue weighted by Crippen LogP contribution is 2.29. The number of carboxylic acids is 1. The molecule has 0 saturated heterocycles. The number of thiophene rings is 1. The number of nitrogens with one attached hydrogen (secondary N) is 2. The summed E-state index contributed by atoms with van der Waals surface area (Å²) in [7, 11) is 0. The van der Waals surface area contributed by atoms with Crippen molar-refractivity contribution in [1.82, 2.24) is 20.6 Å². The van der Waals surface area contributed by atoms with Gasteiger partial charge in [-0.25, -0.2) is 14.8 Å². The minimum absolute atomic E-state index is 0.0832. The van der Waals surface area contributed by atoms with Crippen molar-refractivity contribution < 1.29 is 29.3 Å². The Labute approximate surface area is 298 Å². The molecule has 4 N–H and O–H groups in total. The number of amides is 2. The molecule has 50 heavy (non-hydrogen) atoms. The summed E-state index contributed by atoms with van der Waals surface area (Å²) >= 11 is 1.34. The van der Waals surface area contributed by atoms with Gasteiger partial charge in [0.1, 0.15) is 11.8 Å². The van der Waals surface area contributed by atoms with E-state index in [0.717, 1.165) is 39.3 Å². The first-order valence-corrected chi connectivity index (χ1v) is 17.9. The number of unbranched alkanes of at least 4 members (excludes halogenated alkanes) is 4. The predicted octanol–water partition coefficient (Wildman–Crippen LogP) is 6.81. The highest BCUT2D eigenvalue weighted by Gasteiger charge is 2.30. The molecule has 0 spiro atoms. The van der Waals surface area contributed by atoms with Crippen LogP contribution < -0.4 is 15.4 Å². The van der Waals surface area contributed by atoms with Crippen LogP contribution >= 0.6 is 11.3 Å². The standard InChI is InChI=1S/C39H48N4O6S/c1-6-7-8-9-10-21-49-30-17-15-27(16-18-30)29-23-40-35(41-24-29)28-13-11-26(12-14-28)22-31(36(45)43-34(25(2)44)38(47)48)42-37(46)32-19-20-33(50-32)39(3,4)5/h11-20,23-25,31,34,44H,6-10,21-22H2,1-5H3,(H,42,46)(H,43,45)(H,47,48)/t25-,31-,34-/m0/s1. The minimum Gasteiger partial charge on any atom is -0.494 e. The molecule has 10 nitrogen and oxygen atoms in total. The number of hydrogen-bond acceptors (Lipinski definition) is 8. The van der Waals surface area contributed by atoms with E-state index in [0.29, 0.717) is 17.3 Å². The Morgan fingerprint density at radius 1 is 0.840 bits per heavy atom. The van der Waals surface area contributed by atoms with Crippen molar-refractivity contribution in [3.63, 3.8) is 0 Å². The van der Waals surface area contributed by atoms with Crippen LogP contribution in [0.2, 0.25) is 0 Å². The number of nitrogens with zero attached hydrogens (tertiary/aromatic N) is 2. The van der Waals surface area contributed by atoms with Gasteiger partial charge in [0.25, 0.3) is 5.91 Å². The zero-order valence-corrected chi connectivity index (χ0v) is 30.3. The fourth-order valence-corrected chi connectivity index (χ4v) is 6.20. The van der Waals surface area contributed by atoms with Crippen LogP contribution in [0, 0.1) is 0 Å². The largest absolute Gasteiger partial charge is 0.494 e. The maximum absolute atomic E-state index is 13.3. The molecule has 0 bridgehead atoms. The van der Waals surface area contributed by atoms with Crippen LogP contribution in [-0.2, 0) is 21.4 Å². The van der Waals surface area contributed by atoms with E-state index in [4.69, 9.17) is 4.74 Å². The number of ether oxygens (including phenoxy) is 1. The Kier molecular flexibility index (Phi) is 13.6. The van der Waals surface area contributed by atoms with E-state index in [-0.39, 0.29) is 11.8 Å². The number of aliphatic hydroxyl groups is 1. The lowest BCUT2D eigenvalue weighted by Gasteiger charge is -2.23. The molecule has 266 valence electrons. The first kappa shape index (κ1) is 38.2. The molecule has 0 aliphatic heterocycles. The van der Waals surface area contributed by atoms with Gasteiger partial charge in [0.15, 0.2) is 11.9 Å². The van der Waals surface area contributed by atoms with Crippen molar-refractivity contribution in [1.29, 1.82) is 0 Å². The first-order valence-electron chi connectivity index (χ1n) is 17.1. The van der Waals surface area contributed by atoms with E-state index in [1.54, 1.807) is 18.5 Å². The molecule has 11 heteroatoms. The van der Waals surface area contributed by atoms with Crippen LogP contribution in [-0.4, -0.2) is 62.8 Å². The molecule has 0 saturated carbocycles. The van der Waals surface area contributed by atoms with E-state index >= 15 is 0 Å². The number of rotatable bonds is 17. The topological polar surface area (TPSA) is 151 Å². The molecular weight excluding hydrogens is 653 g/mol. The Hall–Kier alpha value is -4.61. The van der Waals surface area contributed by atoms with Crippen LogP contribution in [0.15, 0.2) is 73.1 Å². The second kappa shape index (κ2) is 17.9. The minimum atomic E-state index is -1.53. The molecule has 2 aromatic carbocycles. The number of hydrogen-bond donors (Lipinski definition) is 4. The van der Waals surface area contributed by atoms with Gasteiger partial charge in [-0.15, -0.1) is 11.3 Å². The van der Waals surface area contributed by atoms with Crippen molar-refractivity contribution in [2.45, 2.75) is 96.7 Å². The van der Waals surface area contributed by atoms with E-state index < -0.39 is 36.0 Å². The quantitative estimate of drug-likeness (QED) is 0.0878. The fourth-order valence-electron chi connectivity index (χ4n) is 5.24. The van der Waals surface area contributed by atoms with E-state index in [2.05, 4.69) is 27.5 Å². The number of benzene rings is 2. The van der Waals surface area contributed by atoms with Crippen molar-refractivity contribution >= 4 is 29.1 Å². The lowest BCUT2D eigenvalue weighted by atomic mass is 9.95. The molecule has 3 atom stereocenters. The summed E-state index contributed by atoms with van der Waals surface area (Å²) < 4.78 is 5.88. The highest BCUT2D eigenvalue weighted by atomic mass is 32.1. The molecule has 2 aromatic heterocycles. The molecular formula is C39H48N4O6S. The number of aromatic nitrogens is 2. The van der Waals surface area contributed by atoms with E-state index in [1.165, 1.54) is 43.9 Å². The van der Waals surface area contributed by atoms with E-state index in [1.807, 2.05) is 75.4 Å². The summed E-state index contributed by atoms with van der Waals surface area (Å²) in [5, 5.41) is 24.6. The average molecular weight is 701 g/mol. The predicted molar refractivity (Wildman–Crippen MR) is 196 cm³/mol. The summed E-state index contributed by atoms with van der Waals surface area (Å²) in [5.74, 6) is -1.17. The number of aliphatic hydroxyl groups excluding tert-OH is 1. The van der Waals surface area contributed by atoms with E-state index in [9.17, 15) is 24.6 Å². The Morgan fingerprint density at radius 2 is 1.48 bits per heavy atom. The third-order valence-corrected chi connectivity index (χ3v) is 9.75. The lowest BCUT2D eigenvalue weighted by Crippen LogP contribution is -2.55. The summed E-state index contributed by atoms with van der Waals surface area (Å²) in [6.07, 6.45) is 8.26. The number of carboxylic acid groups (broad SMARTS) is 1. The number of aliphatic carboxylic acids is 1. The maximum Gasteiger partial charge on any atom is 0.328 e. The zero-order chi connectivity index (χ0) is 36.3. The van der Waals surface area contributed by atoms with Gasteiger partial charge in [-0.2, -0.15) is 0 Å². The summed E-state index contributed by atoms with van der Waals surface area (Å²) in [6, 6.07) is 16.2. The molecule has 0 radical (unpaired) electrons. The summed E-state index contributed by atoms with van der Waals surface area (Å²) in [6.45, 7) is 10.3. The first-order chi connectivity index (χ1) is 23.8. The Bertz CT molecular complexity index is 1700. The van der Waals surface area contributed by atoms with Crippen LogP contribution in [0.4, 0.5) is 0 Å². The van der Waals surface area contributed by atoms with Gasteiger partial charge in [0, 0.05) is 34.8 Å². The third kappa shape index (κ3) is 10.9. The van der Waals surface area contributed by atoms with Gasteiger partial charge in [0.05, 0.1) is 17.6 Å². The summed E-state index contributed by atoms with van der Waals surface area (Å²) in [5.41, 5.74) is 3.19. The smallest absolute Gasteiger partial charge is 0.328 e. The molecule has 0 unspecified atom stereocenters. The molecule has 0 aliphatic rings.